The highest BCUT2D eigenvalue weighted by molar-refractivity contribution is 7.10. The van der Waals surface area contributed by atoms with Crippen molar-refractivity contribution in [2.45, 2.75) is 19.4 Å². The highest BCUT2D eigenvalue weighted by Crippen LogP contribution is 2.37. The normalized spacial score (nSPS) is 16.4. The smallest absolute Gasteiger partial charge is 0.238 e. The number of thiophene rings is 1. The van der Waals surface area contributed by atoms with Gasteiger partial charge in [0.15, 0.2) is 0 Å². The van der Waals surface area contributed by atoms with Crippen molar-refractivity contribution in [3.63, 3.8) is 0 Å². The molecule has 2 aromatic carbocycles. The zero-order valence-corrected chi connectivity index (χ0v) is 16.7. The SMILES string of the molecule is CCOc1ccc(NC(=O)CN2CCc3sccc3C2c2ccccc2)cc1. The van der Waals surface area contributed by atoms with Crippen molar-refractivity contribution in [1.82, 2.24) is 4.90 Å². The van der Waals surface area contributed by atoms with Gasteiger partial charge in [0.1, 0.15) is 5.75 Å². The Hall–Kier alpha value is -2.63. The van der Waals surface area contributed by atoms with E-state index in [0.29, 0.717) is 13.2 Å². The molecule has 144 valence electrons. The Morgan fingerprint density at radius 2 is 1.93 bits per heavy atom. The number of nitrogens with zero attached hydrogens (tertiary/aromatic N) is 1. The van der Waals surface area contributed by atoms with E-state index < -0.39 is 0 Å². The Labute approximate surface area is 169 Å². The Morgan fingerprint density at radius 1 is 1.14 bits per heavy atom. The van der Waals surface area contributed by atoms with Gasteiger partial charge in [0.2, 0.25) is 5.91 Å². The van der Waals surface area contributed by atoms with Crippen molar-refractivity contribution in [1.29, 1.82) is 0 Å². The minimum absolute atomic E-state index is 0.00349. The molecular weight excluding hydrogens is 368 g/mol. The third-order valence-electron chi connectivity index (χ3n) is 4.98. The molecule has 1 aliphatic heterocycles. The maximum atomic E-state index is 12.7. The minimum Gasteiger partial charge on any atom is -0.494 e. The standard InChI is InChI=1S/C23H24N2O2S/c1-2-27-19-10-8-18(9-11-19)24-22(26)16-25-14-12-21-20(13-15-28-21)23(25)17-6-4-3-5-7-17/h3-11,13,15,23H,2,12,14,16H2,1H3,(H,24,26). The molecule has 5 heteroatoms. The zero-order valence-electron chi connectivity index (χ0n) is 15.9. The van der Waals surface area contributed by atoms with Crippen LogP contribution in [0.5, 0.6) is 5.75 Å². The zero-order chi connectivity index (χ0) is 19.3. The van der Waals surface area contributed by atoms with Crippen molar-refractivity contribution in [2.75, 3.05) is 25.0 Å². The summed E-state index contributed by atoms with van der Waals surface area (Å²) in [6.07, 6.45) is 0.993. The van der Waals surface area contributed by atoms with E-state index in [2.05, 4.69) is 45.9 Å². The topological polar surface area (TPSA) is 41.6 Å². The maximum absolute atomic E-state index is 12.7. The van der Waals surface area contributed by atoms with Crippen LogP contribution in [0.1, 0.15) is 29.0 Å². The summed E-state index contributed by atoms with van der Waals surface area (Å²) >= 11 is 1.81. The first-order valence-corrected chi connectivity index (χ1v) is 10.5. The Morgan fingerprint density at radius 3 is 2.68 bits per heavy atom. The molecule has 3 aromatic rings. The number of fused-ring (bicyclic) bond motifs is 1. The molecule has 0 aliphatic carbocycles. The summed E-state index contributed by atoms with van der Waals surface area (Å²) in [5.74, 6) is 0.814. The van der Waals surface area contributed by atoms with Crippen LogP contribution in [0.15, 0.2) is 66.0 Å². The molecule has 1 aromatic heterocycles. The largest absolute Gasteiger partial charge is 0.494 e. The van der Waals surface area contributed by atoms with Gasteiger partial charge in [-0.05, 0) is 60.2 Å². The van der Waals surface area contributed by atoms with Gasteiger partial charge < -0.3 is 10.1 Å². The van der Waals surface area contributed by atoms with Crippen LogP contribution in [-0.4, -0.2) is 30.5 Å². The molecule has 0 saturated carbocycles. The third kappa shape index (κ3) is 4.11. The summed E-state index contributed by atoms with van der Waals surface area (Å²) in [4.78, 5) is 16.4. The van der Waals surface area contributed by atoms with E-state index in [1.807, 2.05) is 48.6 Å². The van der Waals surface area contributed by atoms with Crippen LogP contribution < -0.4 is 10.1 Å². The molecule has 1 atom stereocenters. The molecule has 0 bridgehead atoms. The highest BCUT2D eigenvalue weighted by atomic mass is 32.1. The second kappa shape index (κ2) is 8.59. The Kier molecular flexibility index (Phi) is 5.74. The van der Waals surface area contributed by atoms with Crippen molar-refractivity contribution in [2.24, 2.45) is 0 Å². The van der Waals surface area contributed by atoms with Crippen LogP contribution in [0, 0.1) is 0 Å². The van der Waals surface area contributed by atoms with Crippen molar-refractivity contribution in [3.05, 3.63) is 82.0 Å². The van der Waals surface area contributed by atoms with Crippen LogP contribution in [0.25, 0.3) is 0 Å². The second-order valence-electron chi connectivity index (χ2n) is 6.84. The number of hydrogen-bond acceptors (Lipinski definition) is 4. The van der Waals surface area contributed by atoms with Gasteiger partial charge in [-0.3, -0.25) is 9.69 Å². The number of anilines is 1. The van der Waals surface area contributed by atoms with Gasteiger partial charge in [0, 0.05) is 17.1 Å². The maximum Gasteiger partial charge on any atom is 0.238 e. The summed E-state index contributed by atoms with van der Waals surface area (Å²) in [6.45, 7) is 3.83. The van der Waals surface area contributed by atoms with E-state index in [9.17, 15) is 4.79 Å². The first-order valence-electron chi connectivity index (χ1n) is 9.62. The van der Waals surface area contributed by atoms with E-state index >= 15 is 0 Å². The predicted octanol–water partition coefficient (Wildman–Crippen LogP) is 4.73. The average molecular weight is 393 g/mol. The van der Waals surface area contributed by atoms with Crippen LogP contribution >= 0.6 is 11.3 Å². The average Bonchev–Trinajstić information content (AvgIpc) is 3.19. The number of hydrogen-bond donors (Lipinski definition) is 1. The number of benzene rings is 2. The number of amides is 1. The molecule has 28 heavy (non-hydrogen) atoms. The van der Waals surface area contributed by atoms with E-state index in [1.165, 1.54) is 16.0 Å². The van der Waals surface area contributed by atoms with E-state index in [-0.39, 0.29) is 11.9 Å². The van der Waals surface area contributed by atoms with Gasteiger partial charge in [-0.25, -0.2) is 0 Å². The summed E-state index contributed by atoms with van der Waals surface area (Å²) in [6, 6.07) is 20.3. The Balaban J connectivity index is 1.49. The molecule has 0 spiro atoms. The van der Waals surface area contributed by atoms with Gasteiger partial charge in [-0.1, -0.05) is 30.3 Å². The number of carbonyl (C=O) groups is 1. The molecule has 1 unspecified atom stereocenters. The number of nitrogens with one attached hydrogen (secondary N) is 1. The first-order chi connectivity index (χ1) is 13.7. The summed E-state index contributed by atoms with van der Waals surface area (Å²) < 4.78 is 5.46. The summed E-state index contributed by atoms with van der Waals surface area (Å²) in [5.41, 5.74) is 3.35. The summed E-state index contributed by atoms with van der Waals surface area (Å²) in [5, 5.41) is 5.17. The van der Waals surface area contributed by atoms with Gasteiger partial charge in [0.25, 0.3) is 0 Å². The van der Waals surface area contributed by atoms with Crippen LogP contribution in [0.2, 0.25) is 0 Å². The van der Waals surface area contributed by atoms with Crippen LogP contribution in [0.3, 0.4) is 0 Å². The van der Waals surface area contributed by atoms with Gasteiger partial charge in [-0.2, -0.15) is 0 Å². The summed E-state index contributed by atoms with van der Waals surface area (Å²) in [7, 11) is 0. The van der Waals surface area contributed by atoms with Crippen molar-refractivity contribution < 1.29 is 9.53 Å². The molecule has 0 radical (unpaired) electrons. The fourth-order valence-electron chi connectivity index (χ4n) is 3.75. The van der Waals surface area contributed by atoms with Gasteiger partial charge >= 0.3 is 0 Å². The minimum atomic E-state index is 0.00349. The lowest BCUT2D eigenvalue weighted by Crippen LogP contribution is -2.40. The lowest BCUT2D eigenvalue weighted by molar-refractivity contribution is -0.117. The number of ether oxygens (including phenoxy) is 1. The molecule has 0 saturated heterocycles. The fraction of sp³-hybridized carbons (Fsp3) is 0.261. The van der Waals surface area contributed by atoms with E-state index in [4.69, 9.17) is 4.74 Å². The molecule has 4 rings (SSSR count). The quantitative estimate of drug-likeness (QED) is 0.659. The molecule has 4 nitrogen and oxygen atoms in total. The second-order valence-corrected chi connectivity index (χ2v) is 7.84. The van der Waals surface area contributed by atoms with Crippen molar-refractivity contribution in [3.8, 4) is 5.75 Å². The molecular formula is C23H24N2O2S. The Bertz CT molecular complexity index is 921. The van der Waals surface area contributed by atoms with Crippen LogP contribution in [-0.2, 0) is 11.2 Å². The lowest BCUT2D eigenvalue weighted by atomic mass is 9.93. The van der Waals surface area contributed by atoms with E-state index in [0.717, 1.165) is 24.4 Å². The molecule has 1 amide bonds. The monoisotopic (exact) mass is 392 g/mol. The fourth-order valence-corrected chi connectivity index (χ4v) is 4.65. The number of carbonyl (C=O) groups excluding carboxylic acids is 1. The first kappa shape index (κ1) is 18.7. The number of rotatable bonds is 6. The third-order valence-corrected chi connectivity index (χ3v) is 5.97. The van der Waals surface area contributed by atoms with Gasteiger partial charge in [0.05, 0.1) is 19.2 Å². The molecule has 1 N–H and O–H groups in total. The van der Waals surface area contributed by atoms with E-state index in [1.54, 1.807) is 0 Å². The van der Waals surface area contributed by atoms with Gasteiger partial charge in [-0.15, -0.1) is 11.3 Å². The lowest BCUT2D eigenvalue weighted by Gasteiger charge is -2.35. The van der Waals surface area contributed by atoms with Crippen molar-refractivity contribution >= 4 is 22.9 Å². The predicted molar refractivity (Wildman–Crippen MR) is 114 cm³/mol. The molecule has 2 heterocycles. The molecule has 1 aliphatic rings. The van der Waals surface area contributed by atoms with Crippen LogP contribution in [0.4, 0.5) is 5.69 Å². The highest BCUT2D eigenvalue weighted by Gasteiger charge is 2.30. The molecule has 0 fully saturated rings.